The van der Waals surface area contributed by atoms with Crippen LogP contribution < -0.4 is 10.1 Å². The molecule has 1 saturated carbocycles. The van der Waals surface area contributed by atoms with E-state index in [1.54, 1.807) is 25.3 Å². The third-order valence-electron chi connectivity index (χ3n) is 5.43. The Morgan fingerprint density at radius 3 is 2.73 bits per heavy atom. The zero-order chi connectivity index (χ0) is 21.5. The van der Waals surface area contributed by atoms with Crippen LogP contribution in [-0.2, 0) is 11.3 Å². The first kappa shape index (κ1) is 22.1. The summed E-state index contributed by atoms with van der Waals surface area (Å²) in [6, 6.07) is 14.9. The first-order valence-corrected chi connectivity index (χ1v) is 10.4. The molecule has 30 heavy (non-hydrogen) atoms. The molecule has 158 valence electrons. The van der Waals surface area contributed by atoms with Crippen LogP contribution in [0.1, 0.15) is 36.8 Å². The van der Waals surface area contributed by atoms with Crippen LogP contribution in [0.2, 0.25) is 5.02 Å². The van der Waals surface area contributed by atoms with Gasteiger partial charge in [-0.2, -0.15) is 5.26 Å². The number of hydrogen-bond donors (Lipinski definition) is 2. The van der Waals surface area contributed by atoms with Crippen molar-refractivity contribution < 1.29 is 14.6 Å². The van der Waals surface area contributed by atoms with Gasteiger partial charge in [-0.25, -0.2) is 0 Å². The van der Waals surface area contributed by atoms with E-state index in [4.69, 9.17) is 16.3 Å². The van der Waals surface area contributed by atoms with Gasteiger partial charge in [0.15, 0.2) is 0 Å². The minimum atomic E-state index is -0.265. The summed E-state index contributed by atoms with van der Waals surface area (Å²) in [6.07, 6.45) is 2.86. The van der Waals surface area contributed by atoms with E-state index in [2.05, 4.69) is 16.3 Å². The van der Waals surface area contributed by atoms with Crippen molar-refractivity contribution in [1.82, 2.24) is 4.90 Å². The van der Waals surface area contributed by atoms with E-state index in [9.17, 15) is 15.2 Å². The lowest BCUT2D eigenvalue weighted by Gasteiger charge is -2.35. The first-order valence-electron chi connectivity index (χ1n) is 10.0. The zero-order valence-electron chi connectivity index (χ0n) is 17.0. The number of methoxy groups -OCH3 is 1. The molecule has 1 amide bonds. The van der Waals surface area contributed by atoms with Gasteiger partial charge in [-0.05, 0) is 61.6 Å². The maximum atomic E-state index is 12.8. The number of carbonyl (C=O) groups excluding carboxylic acids is 1. The third-order valence-corrected chi connectivity index (χ3v) is 5.66. The van der Waals surface area contributed by atoms with Crippen LogP contribution in [0.4, 0.5) is 5.69 Å². The number of aliphatic hydroxyl groups is 1. The van der Waals surface area contributed by atoms with E-state index in [0.29, 0.717) is 22.8 Å². The fraction of sp³-hybridized carbons (Fsp3) is 0.391. The van der Waals surface area contributed by atoms with Crippen molar-refractivity contribution in [3.8, 4) is 11.8 Å². The lowest BCUT2D eigenvalue weighted by Crippen LogP contribution is -2.43. The van der Waals surface area contributed by atoms with E-state index in [-0.39, 0.29) is 24.6 Å². The van der Waals surface area contributed by atoms with E-state index >= 15 is 0 Å². The van der Waals surface area contributed by atoms with E-state index in [1.807, 2.05) is 24.3 Å². The van der Waals surface area contributed by atoms with Crippen LogP contribution in [0, 0.1) is 11.3 Å². The maximum Gasteiger partial charge on any atom is 0.238 e. The van der Waals surface area contributed by atoms with Gasteiger partial charge in [0.2, 0.25) is 5.91 Å². The molecule has 2 aromatic carbocycles. The molecular weight excluding hydrogens is 402 g/mol. The molecule has 0 aromatic heterocycles. The molecule has 6 nitrogen and oxygen atoms in total. The average molecular weight is 428 g/mol. The molecule has 0 spiro atoms. The quantitative estimate of drug-likeness (QED) is 0.698. The van der Waals surface area contributed by atoms with Gasteiger partial charge >= 0.3 is 0 Å². The Morgan fingerprint density at radius 2 is 2.03 bits per heavy atom. The third kappa shape index (κ3) is 5.96. The van der Waals surface area contributed by atoms with Crippen molar-refractivity contribution in [3.63, 3.8) is 0 Å². The summed E-state index contributed by atoms with van der Waals surface area (Å²) < 4.78 is 5.32. The largest absolute Gasteiger partial charge is 0.497 e. The van der Waals surface area contributed by atoms with Gasteiger partial charge in [-0.1, -0.05) is 23.7 Å². The van der Waals surface area contributed by atoms with Gasteiger partial charge in [0.25, 0.3) is 0 Å². The summed E-state index contributed by atoms with van der Waals surface area (Å²) in [5, 5.41) is 22.4. The number of nitriles is 1. The normalized spacial score (nSPS) is 18.6. The number of anilines is 1. The average Bonchev–Trinajstić information content (AvgIpc) is 2.74. The number of rotatable bonds is 7. The summed E-state index contributed by atoms with van der Waals surface area (Å²) in [5.41, 5.74) is 1.83. The molecule has 1 aliphatic rings. The number of benzene rings is 2. The monoisotopic (exact) mass is 427 g/mol. The molecule has 0 aliphatic heterocycles. The van der Waals surface area contributed by atoms with Gasteiger partial charge in [-0.15, -0.1) is 0 Å². The summed E-state index contributed by atoms with van der Waals surface area (Å²) in [4.78, 5) is 15.0. The lowest BCUT2D eigenvalue weighted by molar-refractivity contribution is -0.118. The predicted molar refractivity (Wildman–Crippen MR) is 116 cm³/mol. The molecule has 7 heteroatoms. The second kappa shape index (κ2) is 10.4. The molecule has 2 aromatic rings. The van der Waals surface area contributed by atoms with Crippen molar-refractivity contribution >= 4 is 23.2 Å². The molecule has 0 unspecified atom stereocenters. The Kier molecular flexibility index (Phi) is 7.69. The second-order valence-electron chi connectivity index (χ2n) is 7.57. The second-order valence-corrected chi connectivity index (χ2v) is 8.01. The predicted octanol–water partition coefficient (Wildman–Crippen LogP) is 3.96. The van der Waals surface area contributed by atoms with Crippen molar-refractivity contribution in [3.05, 3.63) is 58.6 Å². The SMILES string of the molecule is COc1cccc(CN(CC(=O)Nc2cc(Cl)ccc2C#N)C2CCC(O)CC2)c1. The Balaban J connectivity index is 1.75. The molecule has 0 heterocycles. The molecule has 2 N–H and O–H groups in total. The Hall–Kier alpha value is -2.59. The van der Waals surface area contributed by atoms with Crippen LogP contribution in [0.3, 0.4) is 0 Å². The number of carbonyl (C=O) groups is 1. The topological polar surface area (TPSA) is 85.6 Å². The fourth-order valence-corrected chi connectivity index (χ4v) is 4.01. The van der Waals surface area contributed by atoms with E-state index in [0.717, 1.165) is 37.0 Å². The number of ether oxygens (including phenoxy) is 1. The van der Waals surface area contributed by atoms with Crippen LogP contribution in [-0.4, -0.2) is 41.7 Å². The molecular formula is C23H26ClN3O3. The van der Waals surface area contributed by atoms with E-state index < -0.39 is 0 Å². The highest BCUT2D eigenvalue weighted by molar-refractivity contribution is 6.31. The minimum Gasteiger partial charge on any atom is -0.497 e. The molecule has 1 fully saturated rings. The number of hydrogen-bond acceptors (Lipinski definition) is 5. The number of aliphatic hydroxyl groups excluding tert-OH is 1. The summed E-state index contributed by atoms with van der Waals surface area (Å²) in [7, 11) is 1.63. The number of nitrogens with one attached hydrogen (secondary N) is 1. The number of amides is 1. The Labute approximate surface area is 182 Å². The van der Waals surface area contributed by atoms with Crippen molar-refractivity contribution in [1.29, 1.82) is 5.26 Å². The van der Waals surface area contributed by atoms with Crippen molar-refractivity contribution in [2.24, 2.45) is 0 Å². The highest BCUT2D eigenvalue weighted by atomic mass is 35.5. The molecule has 0 saturated heterocycles. The van der Waals surface area contributed by atoms with Crippen LogP contribution >= 0.6 is 11.6 Å². The summed E-state index contributed by atoms with van der Waals surface area (Å²) >= 11 is 6.03. The summed E-state index contributed by atoms with van der Waals surface area (Å²) in [5.74, 6) is 0.566. The van der Waals surface area contributed by atoms with Gasteiger partial charge < -0.3 is 15.2 Å². The lowest BCUT2D eigenvalue weighted by atomic mass is 9.91. The van der Waals surface area contributed by atoms with Gasteiger partial charge in [-0.3, -0.25) is 9.69 Å². The zero-order valence-corrected chi connectivity index (χ0v) is 17.7. The number of nitrogens with zero attached hydrogens (tertiary/aromatic N) is 2. The molecule has 0 radical (unpaired) electrons. The summed E-state index contributed by atoms with van der Waals surface area (Å²) in [6.45, 7) is 0.765. The fourth-order valence-electron chi connectivity index (χ4n) is 3.83. The van der Waals surface area contributed by atoms with Crippen molar-refractivity contribution in [2.45, 2.75) is 44.4 Å². The maximum absolute atomic E-state index is 12.8. The highest BCUT2D eigenvalue weighted by Gasteiger charge is 2.26. The minimum absolute atomic E-state index is 0.176. The van der Waals surface area contributed by atoms with Gasteiger partial charge in [0.05, 0.1) is 31.0 Å². The molecule has 3 rings (SSSR count). The smallest absolute Gasteiger partial charge is 0.238 e. The van der Waals surface area contributed by atoms with Crippen LogP contribution in [0.25, 0.3) is 0 Å². The van der Waals surface area contributed by atoms with Crippen LogP contribution in [0.15, 0.2) is 42.5 Å². The molecule has 1 aliphatic carbocycles. The van der Waals surface area contributed by atoms with Crippen LogP contribution in [0.5, 0.6) is 5.75 Å². The highest BCUT2D eigenvalue weighted by Crippen LogP contribution is 2.26. The van der Waals surface area contributed by atoms with Gasteiger partial charge in [0, 0.05) is 17.6 Å². The van der Waals surface area contributed by atoms with E-state index in [1.165, 1.54) is 0 Å². The Bertz CT molecular complexity index is 920. The Morgan fingerprint density at radius 1 is 1.27 bits per heavy atom. The van der Waals surface area contributed by atoms with Crippen molar-refractivity contribution in [2.75, 3.05) is 19.0 Å². The number of halogens is 1. The first-order chi connectivity index (χ1) is 14.5. The van der Waals surface area contributed by atoms with Gasteiger partial charge in [0.1, 0.15) is 11.8 Å². The molecule has 0 bridgehead atoms. The standard InChI is InChI=1S/C23H26ClN3O3/c1-30-21-4-2-3-16(11-21)14-27(19-7-9-20(28)10-8-19)15-23(29)26-22-12-18(24)6-5-17(22)13-25/h2-6,11-12,19-20,28H,7-10,14-15H2,1H3,(H,26,29). The molecule has 0 atom stereocenters.